The monoisotopic (exact) mass is 263 g/mol. The molecule has 1 aromatic carbocycles. The minimum atomic E-state index is -0.191. The molecule has 0 amide bonds. The summed E-state index contributed by atoms with van der Waals surface area (Å²) < 4.78 is 5.54. The van der Waals surface area contributed by atoms with Gasteiger partial charge in [0.1, 0.15) is 0 Å². The van der Waals surface area contributed by atoms with E-state index < -0.39 is 0 Å². The van der Waals surface area contributed by atoms with Crippen LogP contribution in [0.25, 0.3) is 0 Å². The first-order valence-electron chi connectivity index (χ1n) is 5.92. The smallest absolute Gasteiger partial charge is 0.276 e. The van der Waals surface area contributed by atoms with E-state index in [0.717, 1.165) is 5.75 Å². The van der Waals surface area contributed by atoms with Crippen LogP contribution in [0, 0.1) is 5.92 Å². The van der Waals surface area contributed by atoms with Crippen LogP contribution in [-0.2, 0) is 5.75 Å². The van der Waals surface area contributed by atoms with E-state index in [1.807, 2.05) is 32.0 Å². The summed E-state index contributed by atoms with van der Waals surface area (Å²) in [5, 5.41) is 8.56. The molecule has 0 unspecified atom stereocenters. The largest absolute Gasteiger partial charge is 0.414 e. The topological polar surface area (TPSA) is 64.9 Å². The Morgan fingerprint density at radius 2 is 1.94 bits per heavy atom. The zero-order valence-electron chi connectivity index (χ0n) is 10.5. The first-order chi connectivity index (χ1) is 8.66. The van der Waals surface area contributed by atoms with Crippen molar-refractivity contribution in [2.24, 2.45) is 11.7 Å². The number of hydrogen-bond acceptors (Lipinski definition) is 5. The predicted octanol–water partition coefficient (Wildman–Crippen LogP) is 3.02. The fraction of sp³-hybridized carbons (Fsp3) is 0.385. The second-order valence-electron chi connectivity index (χ2n) is 4.45. The summed E-state index contributed by atoms with van der Waals surface area (Å²) in [5.41, 5.74) is 7.18. The standard InChI is InChI=1S/C13H17N3OS/c1-9(2)11(14)12-15-16-13(17-12)18-8-10-6-4-3-5-7-10/h3-7,9,11H,8,14H2,1-2H3/t11-/m0/s1. The molecular formula is C13H17N3OS. The number of nitrogens with two attached hydrogens (primary N) is 1. The van der Waals surface area contributed by atoms with Crippen molar-refractivity contribution < 1.29 is 4.42 Å². The van der Waals surface area contributed by atoms with Crippen LogP contribution in [0.5, 0.6) is 0 Å². The van der Waals surface area contributed by atoms with Crippen LogP contribution < -0.4 is 5.73 Å². The lowest BCUT2D eigenvalue weighted by Gasteiger charge is -2.09. The molecule has 5 heteroatoms. The maximum absolute atomic E-state index is 5.95. The van der Waals surface area contributed by atoms with E-state index in [9.17, 15) is 0 Å². The van der Waals surface area contributed by atoms with Crippen LogP contribution in [0.4, 0.5) is 0 Å². The van der Waals surface area contributed by atoms with Gasteiger partial charge in [0.15, 0.2) is 0 Å². The molecule has 0 aliphatic carbocycles. The van der Waals surface area contributed by atoms with Crippen LogP contribution in [-0.4, -0.2) is 10.2 Å². The van der Waals surface area contributed by atoms with Gasteiger partial charge < -0.3 is 10.2 Å². The lowest BCUT2D eigenvalue weighted by atomic mass is 10.1. The highest BCUT2D eigenvalue weighted by molar-refractivity contribution is 7.98. The van der Waals surface area contributed by atoms with E-state index in [1.165, 1.54) is 17.3 Å². The molecule has 2 N–H and O–H groups in total. The van der Waals surface area contributed by atoms with Gasteiger partial charge in [-0.15, -0.1) is 10.2 Å². The van der Waals surface area contributed by atoms with Crippen LogP contribution in [0.3, 0.4) is 0 Å². The van der Waals surface area contributed by atoms with Crippen molar-refractivity contribution in [3.63, 3.8) is 0 Å². The van der Waals surface area contributed by atoms with E-state index in [0.29, 0.717) is 11.1 Å². The van der Waals surface area contributed by atoms with E-state index in [-0.39, 0.29) is 12.0 Å². The van der Waals surface area contributed by atoms with Crippen LogP contribution in [0.1, 0.15) is 31.3 Å². The minimum Gasteiger partial charge on any atom is -0.414 e. The molecule has 2 rings (SSSR count). The predicted molar refractivity (Wildman–Crippen MR) is 72.1 cm³/mol. The molecule has 0 aliphatic heterocycles. The van der Waals surface area contributed by atoms with Crippen LogP contribution >= 0.6 is 11.8 Å². The number of aromatic nitrogens is 2. The zero-order valence-corrected chi connectivity index (χ0v) is 11.4. The van der Waals surface area contributed by atoms with Crippen molar-refractivity contribution in [1.82, 2.24) is 10.2 Å². The van der Waals surface area contributed by atoms with Crippen molar-refractivity contribution in [2.45, 2.75) is 30.9 Å². The Hall–Kier alpha value is -1.33. The van der Waals surface area contributed by atoms with Crippen molar-refractivity contribution >= 4 is 11.8 Å². The molecule has 1 atom stereocenters. The Balaban J connectivity index is 1.95. The molecule has 18 heavy (non-hydrogen) atoms. The molecule has 2 aromatic rings. The van der Waals surface area contributed by atoms with Gasteiger partial charge in [-0.1, -0.05) is 55.9 Å². The summed E-state index contributed by atoms with van der Waals surface area (Å²) in [6.45, 7) is 4.07. The highest BCUT2D eigenvalue weighted by atomic mass is 32.2. The van der Waals surface area contributed by atoms with Crippen molar-refractivity contribution in [1.29, 1.82) is 0 Å². The van der Waals surface area contributed by atoms with Gasteiger partial charge in [0.25, 0.3) is 5.22 Å². The van der Waals surface area contributed by atoms with E-state index in [1.54, 1.807) is 0 Å². The molecule has 0 spiro atoms. The normalized spacial score (nSPS) is 12.9. The highest BCUT2D eigenvalue weighted by Crippen LogP contribution is 2.24. The van der Waals surface area contributed by atoms with Gasteiger partial charge in [-0.3, -0.25) is 0 Å². The fourth-order valence-corrected chi connectivity index (χ4v) is 2.14. The maximum Gasteiger partial charge on any atom is 0.276 e. The van der Waals surface area contributed by atoms with E-state index >= 15 is 0 Å². The van der Waals surface area contributed by atoms with Gasteiger partial charge in [0, 0.05) is 5.75 Å². The highest BCUT2D eigenvalue weighted by Gasteiger charge is 2.17. The molecule has 4 nitrogen and oxygen atoms in total. The van der Waals surface area contributed by atoms with Crippen molar-refractivity contribution in [3.05, 3.63) is 41.8 Å². The number of rotatable bonds is 5. The molecular weight excluding hydrogens is 246 g/mol. The summed E-state index contributed by atoms with van der Waals surface area (Å²) in [6.07, 6.45) is 0. The Labute approximate surface area is 111 Å². The third-order valence-electron chi connectivity index (χ3n) is 2.63. The zero-order chi connectivity index (χ0) is 13.0. The molecule has 1 aromatic heterocycles. The molecule has 0 radical (unpaired) electrons. The van der Waals surface area contributed by atoms with Gasteiger partial charge >= 0.3 is 0 Å². The Morgan fingerprint density at radius 1 is 1.22 bits per heavy atom. The van der Waals surface area contributed by atoms with Gasteiger partial charge in [-0.05, 0) is 11.5 Å². The first kappa shape index (κ1) is 13.1. The van der Waals surface area contributed by atoms with E-state index in [4.69, 9.17) is 10.2 Å². The number of hydrogen-bond donors (Lipinski definition) is 1. The van der Waals surface area contributed by atoms with Gasteiger partial charge in [-0.2, -0.15) is 0 Å². The Morgan fingerprint density at radius 3 is 2.61 bits per heavy atom. The summed E-state index contributed by atoms with van der Waals surface area (Å²) >= 11 is 1.53. The average Bonchev–Trinajstić information content (AvgIpc) is 2.85. The Kier molecular flexibility index (Phi) is 4.38. The fourth-order valence-electron chi connectivity index (χ4n) is 1.42. The average molecular weight is 263 g/mol. The molecule has 0 bridgehead atoms. The van der Waals surface area contributed by atoms with Crippen LogP contribution in [0.2, 0.25) is 0 Å². The number of thioether (sulfide) groups is 1. The molecule has 0 fully saturated rings. The van der Waals surface area contributed by atoms with Gasteiger partial charge in [0.05, 0.1) is 6.04 Å². The molecule has 0 aliphatic rings. The third kappa shape index (κ3) is 3.34. The molecule has 1 heterocycles. The van der Waals surface area contributed by atoms with Gasteiger partial charge in [-0.25, -0.2) is 0 Å². The quantitative estimate of drug-likeness (QED) is 0.840. The summed E-state index contributed by atoms with van der Waals surface area (Å²) in [4.78, 5) is 0. The van der Waals surface area contributed by atoms with Crippen molar-refractivity contribution in [2.75, 3.05) is 0 Å². The Bertz CT molecular complexity index is 484. The lowest BCUT2D eigenvalue weighted by molar-refractivity contribution is 0.349. The minimum absolute atomic E-state index is 0.191. The number of benzene rings is 1. The molecule has 0 saturated carbocycles. The third-order valence-corrected chi connectivity index (χ3v) is 3.52. The summed E-state index contributed by atoms with van der Waals surface area (Å²) in [5.74, 6) is 1.62. The van der Waals surface area contributed by atoms with Crippen LogP contribution in [0.15, 0.2) is 40.0 Å². The number of nitrogens with zero attached hydrogens (tertiary/aromatic N) is 2. The molecule has 96 valence electrons. The van der Waals surface area contributed by atoms with Crippen molar-refractivity contribution in [3.8, 4) is 0 Å². The van der Waals surface area contributed by atoms with E-state index in [2.05, 4.69) is 22.3 Å². The second-order valence-corrected chi connectivity index (χ2v) is 5.38. The van der Waals surface area contributed by atoms with Gasteiger partial charge in [0.2, 0.25) is 5.89 Å². The SMILES string of the molecule is CC(C)[C@H](N)c1nnc(SCc2ccccc2)o1. The maximum atomic E-state index is 5.95. The summed E-state index contributed by atoms with van der Waals surface area (Å²) in [6, 6.07) is 9.99. The molecule has 0 saturated heterocycles. The first-order valence-corrected chi connectivity index (χ1v) is 6.91. The summed E-state index contributed by atoms with van der Waals surface area (Å²) in [7, 11) is 0. The lowest BCUT2D eigenvalue weighted by Crippen LogP contribution is -2.16. The second kappa shape index (κ2) is 6.02.